The Balaban J connectivity index is 1.15. The van der Waals surface area contributed by atoms with Gasteiger partial charge in [-0.3, -0.25) is 14.3 Å². The Morgan fingerprint density at radius 3 is 2.11 bits per heavy atom. The number of aryl methyl sites for hydroxylation is 2. The fraction of sp³-hybridized carbons (Fsp3) is 0.773. The Hall–Kier alpha value is -1.85. The van der Waals surface area contributed by atoms with Crippen molar-refractivity contribution < 1.29 is 9.59 Å². The van der Waals surface area contributed by atoms with Crippen LogP contribution in [0.4, 0.5) is 0 Å². The maximum Gasteiger partial charge on any atom is 0.228 e. The van der Waals surface area contributed by atoms with Crippen LogP contribution in [0.2, 0.25) is 0 Å². The monoisotopic (exact) mass is 384 g/mol. The number of aromatic nitrogens is 2. The van der Waals surface area contributed by atoms with E-state index in [1.54, 1.807) is 4.68 Å². The lowest BCUT2D eigenvalue weighted by Crippen LogP contribution is -2.58. The maximum absolute atomic E-state index is 13.5. The van der Waals surface area contributed by atoms with Gasteiger partial charge in [0.2, 0.25) is 11.8 Å². The van der Waals surface area contributed by atoms with E-state index < -0.39 is 0 Å². The highest BCUT2D eigenvalue weighted by atomic mass is 16.2. The first-order chi connectivity index (χ1) is 13.5. The Kier molecular flexibility index (Phi) is 4.48. The van der Waals surface area contributed by atoms with E-state index in [-0.39, 0.29) is 11.3 Å². The fourth-order valence-corrected chi connectivity index (χ4v) is 6.88. The molecular weight excluding hydrogens is 352 g/mol. The minimum Gasteiger partial charge on any atom is -0.339 e. The summed E-state index contributed by atoms with van der Waals surface area (Å²) in [5.41, 5.74) is 1.05. The molecule has 0 unspecified atom stereocenters. The third-order valence-electron chi connectivity index (χ3n) is 7.80. The van der Waals surface area contributed by atoms with Crippen molar-refractivity contribution in [3.8, 4) is 0 Å². The molecule has 0 radical (unpaired) electrons. The van der Waals surface area contributed by atoms with E-state index >= 15 is 0 Å². The van der Waals surface area contributed by atoms with Crippen LogP contribution in [0.25, 0.3) is 0 Å². The van der Waals surface area contributed by atoms with Crippen LogP contribution in [0.5, 0.6) is 0 Å². The highest BCUT2D eigenvalue weighted by Gasteiger charge is 2.55. The Morgan fingerprint density at radius 1 is 1.00 bits per heavy atom. The first kappa shape index (κ1) is 18.2. The first-order valence-electron chi connectivity index (χ1n) is 11.1. The van der Waals surface area contributed by atoms with Crippen molar-refractivity contribution >= 4 is 11.8 Å². The van der Waals surface area contributed by atoms with Gasteiger partial charge in [0.05, 0.1) is 11.6 Å². The van der Waals surface area contributed by atoms with Crippen molar-refractivity contribution in [3.05, 3.63) is 18.0 Å². The number of hydrogen-bond donors (Lipinski definition) is 0. The molecule has 0 spiro atoms. The third kappa shape index (κ3) is 3.25. The molecule has 6 nitrogen and oxygen atoms in total. The quantitative estimate of drug-likeness (QED) is 0.800. The van der Waals surface area contributed by atoms with Crippen molar-refractivity contribution in [1.82, 2.24) is 19.6 Å². The predicted molar refractivity (Wildman–Crippen MR) is 105 cm³/mol. The molecule has 28 heavy (non-hydrogen) atoms. The number of piperazine rings is 1. The van der Waals surface area contributed by atoms with Crippen LogP contribution in [0.3, 0.4) is 0 Å². The Bertz CT molecular complexity index is 727. The highest BCUT2D eigenvalue weighted by Crippen LogP contribution is 2.60. The molecule has 1 aromatic rings. The molecule has 6 heteroatoms. The van der Waals surface area contributed by atoms with Crippen LogP contribution in [0.15, 0.2) is 12.4 Å². The highest BCUT2D eigenvalue weighted by molar-refractivity contribution is 5.84. The van der Waals surface area contributed by atoms with E-state index in [1.807, 2.05) is 24.3 Å². The molecule has 1 aromatic heterocycles. The van der Waals surface area contributed by atoms with Gasteiger partial charge in [-0.1, -0.05) is 0 Å². The average molecular weight is 385 g/mol. The van der Waals surface area contributed by atoms with Gasteiger partial charge in [-0.15, -0.1) is 0 Å². The fourth-order valence-electron chi connectivity index (χ4n) is 6.88. The molecule has 1 aliphatic heterocycles. The van der Waals surface area contributed by atoms with Crippen molar-refractivity contribution in [2.45, 2.75) is 51.4 Å². The van der Waals surface area contributed by atoms with E-state index in [1.165, 1.54) is 19.3 Å². The van der Waals surface area contributed by atoms with Crippen LogP contribution >= 0.6 is 0 Å². The Labute approximate surface area is 167 Å². The molecule has 0 aromatic carbocycles. The largest absolute Gasteiger partial charge is 0.339 e. The van der Waals surface area contributed by atoms with E-state index in [2.05, 4.69) is 10.00 Å². The van der Waals surface area contributed by atoms with Crippen LogP contribution < -0.4 is 0 Å². The van der Waals surface area contributed by atoms with Crippen LogP contribution in [-0.4, -0.2) is 57.6 Å². The molecule has 0 N–H and O–H groups in total. The summed E-state index contributed by atoms with van der Waals surface area (Å²) in [6.45, 7) is 2.78. The van der Waals surface area contributed by atoms with Gasteiger partial charge in [0.15, 0.2) is 0 Å². The summed E-state index contributed by atoms with van der Waals surface area (Å²) in [5, 5.41) is 4.16. The van der Waals surface area contributed by atoms with E-state index in [9.17, 15) is 9.59 Å². The number of carbonyl (C=O) groups is 2. The minimum atomic E-state index is -0.0543. The lowest BCUT2D eigenvalue weighted by atomic mass is 9.49. The molecule has 5 aliphatic rings. The lowest BCUT2D eigenvalue weighted by Gasteiger charge is -2.57. The van der Waals surface area contributed by atoms with Crippen LogP contribution in [-0.2, 0) is 23.1 Å². The molecule has 2 heterocycles. The van der Waals surface area contributed by atoms with Gasteiger partial charge < -0.3 is 9.80 Å². The maximum atomic E-state index is 13.5. The van der Waals surface area contributed by atoms with E-state index in [0.29, 0.717) is 38.5 Å². The summed E-state index contributed by atoms with van der Waals surface area (Å²) in [6, 6.07) is 0. The van der Waals surface area contributed by atoms with Crippen molar-refractivity contribution in [3.63, 3.8) is 0 Å². The lowest BCUT2D eigenvalue weighted by molar-refractivity contribution is -0.160. The van der Waals surface area contributed by atoms with Gasteiger partial charge in [-0.2, -0.15) is 5.10 Å². The topological polar surface area (TPSA) is 58.4 Å². The zero-order valence-electron chi connectivity index (χ0n) is 17.0. The Morgan fingerprint density at radius 2 is 1.57 bits per heavy atom. The van der Waals surface area contributed by atoms with Crippen LogP contribution in [0.1, 0.15) is 50.5 Å². The molecule has 1 saturated heterocycles. The van der Waals surface area contributed by atoms with Crippen molar-refractivity contribution in [2.75, 3.05) is 26.2 Å². The summed E-state index contributed by atoms with van der Waals surface area (Å²) in [7, 11) is 1.89. The van der Waals surface area contributed by atoms with Crippen molar-refractivity contribution in [1.29, 1.82) is 0 Å². The van der Waals surface area contributed by atoms with Gasteiger partial charge in [0.25, 0.3) is 0 Å². The van der Waals surface area contributed by atoms with Gasteiger partial charge in [0.1, 0.15) is 0 Å². The molecule has 4 saturated carbocycles. The summed E-state index contributed by atoms with van der Waals surface area (Å²) < 4.78 is 1.77. The molecule has 0 atom stereocenters. The van der Waals surface area contributed by atoms with Gasteiger partial charge in [-0.25, -0.2) is 0 Å². The molecule has 4 bridgehead atoms. The zero-order chi connectivity index (χ0) is 19.3. The van der Waals surface area contributed by atoms with E-state index in [0.717, 1.165) is 49.0 Å². The summed E-state index contributed by atoms with van der Waals surface area (Å²) in [4.78, 5) is 30.1. The third-order valence-corrected chi connectivity index (χ3v) is 7.80. The summed E-state index contributed by atoms with van der Waals surface area (Å²) in [6.07, 6.45) is 12.5. The second-order valence-electron chi connectivity index (χ2n) is 9.89. The molecule has 152 valence electrons. The minimum absolute atomic E-state index is 0.0543. The number of nitrogens with zero attached hydrogens (tertiary/aromatic N) is 4. The van der Waals surface area contributed by atoms with Gasteiger partial charge in [0, 0.05) is 45.8 Å². The molecule has 4 aliphatic carbocycles. The number of carbonyl (C=O) groups excluding carboxylic acids is 2. The molecule has 6 rings (SSSR count). The molecule has 5 fully saturated rings. The van der Waals surface area contributed by atoms with Gasteiger partial charge >= 0.3 is 0 Å². The molecule has 2 amide bonds. The van der Waals surface area contributed by atoms with Crippen molar-refractivity contribution in [2.24, 2.45) is 30.2 Å². The number of amides is 2. The van der Waals surface area contributed by atoms with E-state index in [4.69, 9.17) is 0 Å². The summed E-state index contributed by atoms with van der Waals surface area (Å²) >= 11 is 0. The number of hydrogen-bond acceptors (Lipinski definition) is 3. The van der Waals surface area contributed by atoms with Crippen LogP contribution in [0, 0.1) is 23.2 Å². The van der Waals surface area contributed by atoms with Gasteiger partial charge in [-0.05, 0) is 68.3 Å². The normalized spacial score (nSPS) is 34.1. The average Bonchev–Trinajstić information content (AvgIpc) is 3.10. The predicted octanol–water partition coefficient (Wildman–Crippen LogP) is 2.24. The SMILES string of the molecule is Cn1cc(CCC(=O)N2CCN(C(=O)C34CC5CC(CC(C5)C3)C4)CC2)cn1. The standard InChI is InChI=1S/C22H32N4O2/c1-24-15-16(14-23-24)2-3-20(27)25-4-6-26(7-5-25)21(28)22-11-17-8-18(12-22)10-19(9-17)13-22/h14-15,17-19H,2-13H2,1H3. The second kappa shape index (κ2) is 6.89. The second-order valence-corrected chi connectivity index (χ2v) is 9.89. The molecular formula is C22H32N4O2. The first-order valence-corrected chi connectivity index (χ1v) is 11.1. The smallest absolute Gasteiger partial charge is 0.228 e. The number of rotatable bonds is 4. The zero-order valence-corrected chi connectivity index (χ0v) is 17.0. The summed E-state index contributed by atoms with van der Waals surface area (Å²) in [5.74, 6) is 3.00.